The lowest BCUT2D eigenvalue weighted by molar-refractivity contribution is -0.126. The third-order valence-electron chi connectivity index (χ3n) is 3.25. The van der Waals surface area contributed by atoms with E-state index >= 15 is 0 Å². The van der Waals surface area contributed by atoms with Crippen LogP contribution in [0.15, 0.2) is 24.3 Å². The van der Waals surface area contributed by atoms with Gasteiger partial charge in [-0.25, -0.2) is 4.98 Å². The number of benzene rings is 1. The van der Waals surface area contributed by atoms with Crippen LogP contribution in [-0.4, -0.2) is 23.0 Å². The van der Waals surface area contributed by atoms with Crippen LogP contribution >= 0.6 is 23.7 Å². The number of carbonyl (C=O) groups is 1. The predicted octanol–water partition coefficient (Wildman–Crippen LogP) is 2.89. The lowest BCUT2D eigenvalue weighted by atomic mass is 9.96. The van der Waals surface area contributed by atoms with Crippen molar-refractivity contribution in [3.05, 3.63) is 29.3 Å². The molecule has 1 aromatic heterocycles. The van der Waals surface area contributed by atoms with Crippen LogP contribution in [0, 0.1) is 0 Å². The first-order valence-electron chi connectivity index (χ1n) is 6.94. The fraction of sp³-hybridized carbons (Fsp3) is 0.467. The number of nitrogens with two attached hydrogens (primary N) is 1. The summed E-state index contributed by atoms with van der Waals surface area (Å²) in [5, 5.41) is 3.95. The summed E-state index contributed by atoms with van der Waals surface area (Å²) in [7, 11) is 0. The molecule has 4 nitrogen and oxygen atoms in total. The summed E-state index contributed by atoms with van der Waals surface area (Å²) in [4.78, 5) is 16.5. The Balaban J connectivity index is 0.00000220. The molecule has 3 N–H and O–H groups in total. The van der Waals surface area contributed by atoms with E-state index in [2.05, 4.69) is 16.4 Å². The minimum Gasteiger partial charge on any atom is -0.354 e. The number of halogens is 1. The number of thiazole rings is 1. The maximum absolute atomic E-state index is 12.0. The van der Waals surface area contributed by atoms with Gasteiger partial charge < -0.3 is 11.1 Å². The first-order valence-corrected chi connectivity index (χ1v) is 7.76. The minimum atomic E-state index is -0.775. The van der Waals surface area contributed by atoms with Gasteiger partial charge in [0.05, 0.1) is 20.8 Å². The number of nitrogens with one attached hydrogen (secondary N) is 1. The SMILES string of the molecule is CCCC(C)(N)C(=O)NCCc1nc2ccccc2s1.Cl. The lowest BCUT2D eigenvalue weighted by Gasteiger charge is -2.22. The lowest BCUT2D eigenvalue weighted by Crippen LogP contribution is -2.51. The third kappa shape index (κ3) is 4.66. The van der Waals surface area contributed by atoms with Gasteiger partial charge in [-0.05, 0) is 25.5 Å². The number of fused-ring (bicyclic) bond motifs is 1. The van der Waals surface area contributed by atoms with Gasteiger partial charge in [0.15, 0.2) is 0 Å². The molecule has 1 heterocycles. The zero-order valence-corrected chi connectivity index (χ0v) is 14.0. The monoisotopic (exact) mass is 327 g/mol. The van der Waals surface area contributed by atoms with Gasteiger partial charge in [0.25, 0.3) is 0 Å². The molecule has 2 aromatic rings. The number of aromatic nitrogens is 1. The Hall–Kier alpha value is -1.17. The average Bonchev–Trinajstić information content (AvgIpc) is 2.81. The van der Waals surface area contributed by atoms with Gasteiger partial charge in [-0.3, -0.25) is 4.79 Å². The van der Waals surface area contributed by atoms with Crippen molar-refractivity contribution in [2.75, 3.05) is 6.54 Å². The highest BCUT2D eigenvalue weighted by Crippen LogP contribution is 2.21. The van der Waals surface area contributed by atoms with Crippen LogP contribution in [0.3, 0.4) is 0 Å². The molecule has 0 aliphatic heterocycles. The molecule has 1 atom stereocenters. The van der Waals surface area contributed by atoms with Crippen molar-refractivity contribution in [2.24, 2.45) is 5.73 Å². The minimum absolute atomic E-state index is 0. The Morgan fingerprint density at radius 1 is 1.43 bits per heavy atom. The summed E-state index contributed by atoms with van der Waals surface area (Å²) >= 11 is 1.67. The van der Waals surface area contributed by atoms with Crippen LogP contribution in [-0.2, 0) is 11.2 Å². The van der Waals surface area contributed by atoms with Gasteiger partial charge in [0.1, 0.15) is 0 Å². The number of para-hydroxylation sites is 1. The first-order chi connectivity index (χ1) is 9.53. The summed E-state index contributed by atoms with van der Waals surface area (Å²) in [6.45, 7) is 4.39. The molecular weight excluding hydrogens is 306 g/mol. The summed E-state index contributed by atoms with van der Waals surface area (Å²) < 4.78 is 1.18. The largest absolute Gasteiger partial charge is 0.354 e. The van der Waals surface area contributed by atoms with Crippen LogP contribution in [0.25, 0.3) is 10.2 Å². The van der Waals surface area contributed by atoms with E-state index in [0.717, 1.165) is 23.4 Å². The van der Waals surface area contributed by atoms with Crippen molar-refractivity contribution < 1.29 is 4.79 Å². The van der Waals surface area contributed by atoms with E-state index in [1.165, 1.54) is 4.70 Å². The molecule has 1 aromatic carbocycles. The van der Waals surface area contributed by atoms with Crippen LogP contribution in [0.2, 0.25) is 0 Å². The van der Waals surface area contributed by atoms with Gasteiger partial charge in [-0.2, -0.15) is 0 Å². The van der Waals surface area contributed by atoms with Crippen molar-refractivity contribution in [2.45, 2.75) is 38.6 Å². The van der Waals surface area contributed by atoms with Gasteiger partial charge >= 0.3 is 0 Å². The highest BCUT2D eigenvalue weighted by Gasteiger charge is 2.26. The molecule has 0 aliphatic carbocycles. The van der Waals surface area contributed by atoms with Gasteiger partial charge in [-0.15, -0.1) is 23.7 Å². The Kier molecular flexibility index (Phi) is 6.58. The molecule has 0 radical (unpaired) electrons. The van der Waals surface area contributed by atoms with E-state index in [4.69, 9.17) is 5.73 Å². The average molecular weight is 328 g/mol. The summed E-state index contributed by atoms with van der Waals surface area (Å²) in [6, 6.07) is 8.06. The number of hydrogen-bond acceptors (Lipinski definition) is 4. The zero-order valence-electron chi connectivity index (χ0n) is 12.4. The smallest absolute Gasteiger partial charge is 0.239 e. The number of hydrogen-bond donors (Lipinski definition) is 2. The normalized spacial score (nSPS) is 13.5. The second kappa shape index (κ2) is 7.73. The Morgan fingerprint density at radius 3 is 2.81 bits per heavy atom. The van der Waals surface area contributed by atoms with E-state index in [0.29, 0.717) is 13.0 Å². The van der Waals surface area contributed by atoms with E-state index in [9.17, 15) is 4.79 Å². The number of nitrogens with zero attached hydrogens (tertiary/aromatic N) is 1. The summed E-state index contributed by atoms with van der Waals surface area (Å²) in [6.07, 6.45) is 2.34. The molecule has 0 bridgehead atoms. The molecule has 1 amide bonds. The number of rotatable bonds is 6. The molecule has 0 aliphatic rings. The van der Waals surface area contributed by atoms with E-state index in [1.807, 2.05) is 25.1 Å². The third-order valence-corrected chi connectivity index (χ3v) is 4.35. The van der Waals surface area contributed by atoms with Crippen LogP contribution in [0.4, 0.5) is 0 Å². The Labute approximate surface area is 135 Å². The van der Waals surface area contributed by atoms with Gasteiger partial charge in [-0.1, -0.05) is 25.5 Å². The van der Waals surface area contributed by atoms with Crippen molar-refractivity contribution in [3.63, 3.8) is 0 Å². The van der Waals surface area contributed by atoms with Crippen molar-refractivity contribution in [1.29, 1.82) is 0 Å². The highest BCUT2D eigenvalue weighted by molar-refractivity contribution is 7.18. The maximum Gasteiger partial charge on any atom is 0.239 e. The van der Waals surface area contributed by atoms with Crippen LogP contribution in [0.5, 0.6) is 0 Å². The van der Waals surface area contributed by atoms with Crippen LogP contribution in [0.1, 0.15) is 31.7 Å². The second-order valence-corrected chi connectivity index (χ2v) is 6.36. The molecule has 0 spiro atoms. The molecule has 0 fully saturated rings. The van der Waals surface area contributed by atoms with Crippen LogP contribution < -0.4 is 11.1 Å². The molecular formula is C15H22ClN3OS. The molecule has 2 rings (SSSR count). The molecule has 1 unspecified atom stereocenters. The fourth-order valence-electron chi connectivity index (χ4n) is 2.14. The quantitative estimate of drug-likeness (QED) is 0.857. The molecule has 21 heavy (non-hydrogen) atoms. The molecule has 116 valence electrons. The first kappa shape index (κ1) is 17.9. The highest BCUT2D eigenvalue weighted by atomic mass is 35.5. The van der Waals surface area contributed by atoms with E-state index in [-0.39, 0.29) is 18.3 Å². The van der Waals surface area contributed by atoms with Crippen molar-refractivity contribution in [3.8, 4) is 0 Å². The van der Waals surface area contributed by atoms with Gasteiger partial charge in [0.2, 0.25) is 5.91 Å². The molecule has 0 saturated carbocycles. The Morgan fingerprint density at radius 2 is 2.14 bits per heavy atom. The van der Waals surface area contributed by atoms with Crippen molar-refractivity contribution in [1.82, 2.24) is 10.3 Å². The predicted molar refractivity (Wildman–Crippen MR) is 91.1 cm³/mol. The summed E-state index contributed by atoms with van der Waals surface area (Å²) in [5.74, 6) is -0.0829. The number of carbonyl (C=O) groups excluding carboxylic acids is 1. The zero-order chi connectivity index (χ0) is 14.6. The fourth-order valence-corrected chi connectivity index (χ4v) is 3.11. The van der Waals surface area contributed by atoms with Crippen molar-refractivity contribution >= 4 is 39.9 Å². The number of amides is 1. The molecule has 0 saturated heterocycles. The van der Waals surface area contributed by atoms with E-state index < -0.39 is 5.54 Å². The standard InChI is InChI=1S/C15H21N3OS.ClH/c1-3-9-15(2,16)14(19)17-10-8-13-18-11-6-4-5-7-12(11)20-13;/h4-7H,3,8-10,16H2,1-2H3,(H,17,19);1H. The van der Waals surface area contributed by atoms with E-state index in [1.54, 1.807) is 18.3 Å². The topological polar surface area (TPSA) is 68.0 Å². The van der Waals surface area contributed by atoms with Gasteiger partial charge in [0, 0.05) is 13.0 Å². The maximum atomic E-state index is 12.0. The Bertz CT molecular complexity index is 564. The second-order valence-electron chi connectivity index (χ2n) is 5.25. The summed E-state index contributed by atoms with van der Waals surface area (Å²) in [5.41, 5.74) is 6.23. The molecule has 6 heteroatoms.